The average molecular weight is 410 g/mol. The number of aromatic nitrogens is 2. The van der Waals surface area contributed by atoms with Gasteiger partial charge in [-0.25, -0.2) is 18.7 Å². The summed E-state index contributed by atoms with van der Waals surface area (Å²) in [5.41, 5.74) is 0.988. The molecular weight excluding hydrogens is 394 g/mol. The topological polar surface area (TPSA) is 100 Å². The number of rotatable bonds is 2. The summed E-state index contributed by atoms with van der Waals surface area (Å²) in [5, 5.41) is 19.9. The monoisotopic (exact) mass is 410 g/mol. The summed E-state index contributed by atoms with van der Waals surface area (Å²) in [6.45, 7) is 2.63. The van der Waals surface area contributed by atoms with Crippen molar-refractivity contribution in [1.82, 2.24) is 9.97 Å². The number of carbonyl (C=O) groups is 2. The molecule has 30 heavy (non-hydrogen) atoms. The number of carbonyl (C=O) groups excluding carboxylic acids is 2. The fraction of sp³-hybridized carbons (Fsp3) is 0.0909. The third-order valence-corrected chi connectivity index (χ3v) is 4.18. The van der Waals surface area contributed by atoms with Gasteiger partial charge in [-0.3, -0.25) is 9.59 Å². The van der Waals surface area contributed by atoms with Crippen LogP contribution >= 0.6 is 0 Å². The maximum Gasteiger partial charge on any atom is 0.181 e. The van der Waals surface area contributed by atoms with Gasteiger partial charge in [-0.15, -0.1) is 0 Å². The van der Waals surface area contributed by atoms with E-state index in [9.17, 15) is 28.6 Å². The number of pyridine rings is 2. The first-order chi connectivity index (χ1) is 14.2. The van der Waals surface area contributed by atoms with Gasteiger partial charge >= 0.3 is 0 Å². The molecule has 0 aliphatic carbocycles. The molecule has 6 nitrogen and oxygen atoms in total. The zero-order valence-corrected chi connectivity index (χ0v) is 16.0. The predicted octanol–water partition coefficient (Wildman–Crippen LogP) is 4.56. The van der Waals surface area contributed by atoms with E-state index in [0.29, 0.717) is 21.8 Å². The number of aromatic hydroxyl groups is 2. The molecule has 0 fully saturated rings. The number of ketones is 2. The SMILES string of the molecule is CC(=O)c1nc2ccc(F)cc2cc1O.CC(=O)c1nc2ccc(F)cc2cc1O. The second kappa shape index (κ2) is 8.20. The van der Waals surface area contributed by atoms with E-state index in [4.69, 9.17) is 0 Å². The Morgan fingerprint density at radius 3 is 1.40 bits per heavy atom. The van der Waals surface area contributed by atoms with Gasteiger partial charge in [0.15, 0.2) is 11.6 Å². The van der Waals surface area contributed by atoms with Crippen molar-refractivity contribution in [3.63, 3.8) is 0 Å². The summed E-state index contributed by atoms with van der Waals surface area (Å²) >= 11 is 0. The second-order valence-electron chi connectivity index (χ2n) is 6.50. The quantitative estimate of drug-likeness (QED) is 0.470. The Morgan fingerprint density at radius 1 is 0.700 bits per heavy atom. The minimum atomic E-state index is -0.403. The lowest BCUT2D eigenvalue weighted by Gasteiger charge is -2.02. The molecule has 0 aliphatic heterocycles. The Morgan fingerprint density at radius 2 is 1.07 bits per heavy atom. The van der Waals surface area contributed by atoms with Gasteiger partial charge in [0.05, 0.1) is 11.0 Å². The van der Waals surface area contributed by atoms with Gasteiger partial charge in [0.1, 0.15) is 34.5 Å². The predicted molar refractivity (Wildman–Crippen MR) is 107 cm³/mol. The van der Waals surface area contributed by atoms with Crippen LogP contribution in [0.5, 0.6) is 11.5 Å². The molecule has 0 atom stereocenters. The van der Waals surface area contributed by atoms with E-state index in [-0.39, 0.29) is 34.5 Å². The molecule has 0 bridgehead atoms. The van der Waals surface area contributed by atoms with Gasteiger partial charge in [0.25, 0.3) is 0 Å². The molecule has 0 radical (unpaired) electrons. The standard InChI is InChI=1S/2C11H8FNO2/c2*1-6(14)11-10(15)5-7-4-8(12)2-3-9(7)13-11/h2*2-5,15H,1H3. The summed E-state index contributed by atoms with van der Waals surface area (Å²) in [7, 11) is 0. The van der Waals surface area contributed by atoms with Crippen LogP contribution in [0.4, 0.5) is 8.78 Å². The van der Waals surface area contributed by atoms with Crippen LogP contribution in [0.1, 0.15) is 34.8 Å². The van der Waals surface area contributed by atoms with Crippen LogP contribution in [0.15, 0.2) is 48.5 Å². The Kier molecular flexibility index (Phi) is 5.68. The van der Waals surface area contributed by atoms with Gasteiger partial charge in [-0.2, -0.15) is 0 Å². The maximum atomic E-state index is 12.9. The molecule has 4 aromatic rings. The molecule has 4 rings (SSSR count). The maximum absolute atomic E-state index is 12.9. The van der Waals surface area contributed by atoms with Crippen LogP contribution < -0.4 is 0 Å². The number of hydrogen-bond donors (Lipinski definition) is 2. The Labute approximate surface area is 169 Å². The number of fused-ring (bicyclic) bond motifs is 2. The number of nitrogens with zero attached hydrogens (tertiary/aromatic N) is 2. The lowest BCUT2D eigenvalue weighted by molar-refractivity contribution is 0.0997. The van der Waals surface area contributed by atoms with Gasteiger partial charge in [0.2, 0.25) is 0 Å². The highest BCUT2D eigenvalue weighted by Gasteiger charge is 2.11. The molecule has 2 aromatic carbocycles. The van der Waals surface area contributed by atoms with Crippen LogP contribution in [0.3, 0.4) is 0 Å². The third kappa shape index (κ3) is 4.38. The smallest absolute Gasteiger partial charge is 0.181 e. The minimum absolute atomic E-state index is 0.00843. The van der Waals surface area contributed by atoms with E-state index in [2.05, 4.69) is 9.97 Å². The average Bonchev–Trinajstić information content (AvgIpc) is 2.66. The first kappa shape index (κ1) is 20.8. The highest BCUT2D eigenvalue weighted by atomic mass is 19.1. The molecule has 2 heterocycles. The molecule has 0 saturated heterocycles. The summed E-state index contributed by atoms with van der Waals surface area (Å²) in [6, 6.07) is 10.6. The molecule has 0 aliphatic rings. The van der Waals surface area contributed by atoms with E-state index in [1.807, 2.05) is 0 Å². The lowest BCUT2D eigenvalue weighted by Crippen LogP contribution is -1.97. The van der Waals surface area contributed by atoms with E-state index in [1.54, 1.807) is 0 Å². The fourth-order valence-electron chi connectivity index (χ4n) is 2.79. The number of hydrogen-bond acceptors (Lipinski definition) is 6. The number of Topliss-reactive ketones (excluding diaryl/α,β-unsaturated/α-hetero) is 2. The van der Waals surface area contributed by atoms with Crippen molar-refractivity contribution in [1.29, 1.82) is 0 Å². The summed E-state index contributed by atoms with van der Waals surface area (Å²) < 4.78 is 25.7. The largest absolute Gasteiger partial charge is 0.506 e. The molecule has 2 aromatic heterocycles. The molecule has 0 unspecified atom stereocenters. The molecule has 2 N–H and O–H groups in total. The molecule has 0 spiro atoms. The summed E-state index contributed by atoms with van der Waals surface area (Å²) in [6.07, 6.45) is 0. The highest BCUT2D eigenvalue weighted by Crippen LogP contribution is 2.23. The second-order valence-corrected chi connectivity index (χ2v) is 6.50. The summed E-state index contributed by atoms with van der Waals surface area (Å²) in [5.74, 6) is -1.89. The number of benzene rings is 2. The van der Waals surface area contributed by atoms with Crippen LogP contribution in [0.25, 0.3) is 21.8 Å². The van der Waals surface area contributed by atoms with Crippen LogP contribution in [-0.2, 0) is 0 Å². The van der Waals surface area contributed by atoms with Crippen molar-refractivity contribution in [3.8, 4) is 11.5 Å². The Balaban J connectivity index is 0.000000171. The van der Waals surface area contributed by atoms with Crippen molar-refractivity contribution >= 4 is 33.4 Å². The van der Waals surface area contributed by atoms with Crippen LogP contribution in [-0.4, -0.2) is 31.7 Å². The Hall–Kier alpha value is -3.94. The zero-order valence-electron chi connectivity index (χ0n) is 16.0. The number of halogens is 2. The van der Waals surface area contributed by atoms with Gasteiger partial charge < -0.3 is 10.2 Å². The van der Waals surface area contributed by atoms with Crippen LogP contribution in [0, 0.1) is 11.6 Å². The van der Waals surface area contributed by atoms with Crippen molar-refractivity contribution < 1.29 is 28.6 Å². The van der Waals surface area contributed by atoms with Gasteiger partial charge in [-0.05, 0) is 48.5 Å². The zero-order chi connectivity index (χ0) is 22.0. The van der Waals surface area contributed by atoms with Crippen molar-refractivity contribution in [3.05, 3.63) is 71.6 Å². The molecule has 152 valence electrons. The van der Waals surface area contributed by atoms with E-state index < -0.39 is 11.6 Å². The molecule has 0 amide bonds. The van der Waals surface area contributed by atoms with E-state index in [0.717, 1.165) is 0 Å². The molecule has 0 saturated carbocycles. The van der Waals surface area contributed by atoms with Crippen molar-refractivity contribution in [2.24, 2.45) is 0 Å². The molecule has 8 heteroatoms. The van der Waals surface area contributed by atoms with Gasteiger partial charge in [0, 0.05) is 24.6 Å². The Bertz CT molecular complexity index is 1200. The summed E-state index contributed by atoms with van der Waals surface area (Å²) in [4.78, 5) is 30.1. The first-order valence-corrected chi connectivity index (χ1v) is 8.76. The third-order valence-electron chi connectivity index (χ3n) is 4.18. The molecular formula is C22H16F2N2O4. The van der Waals surface area contributed by atoms with E-state index in [1.165, 1.54) is 62.4 Å². The first-order valence-electron chi connectivity index (χ1n) is 8.76. The highest BCUT2D eigenvalue weighted by molar-refractivity contribution is 5.98. The van der Waals surface area contributed by atoms with Crippen molar-refractivity contribution in [2.45, 2.75) is 13.8 Å². The fourth-order valence-corrected chi connectivity index (χ4v) is 2.79. The normalized spacial score (nSPS) is 10.5. The minimum Gasteiger partial charge on any atom is -0.506 e. The van der Waals surface area contributed by atoms with Crippen molar-refractivity contribution in [2.75, 3.05) is 0 Å². The van der Waals surface area contributed by atoms with Crippen LogP contribution in [0.2, 0.25) is 0 Å². The van der Waals surface area contributed by atoms with Gasteiger partial charge in [-0.1, -0.05) is 0 Å². The lowest BCUT2D eigenvalue weighted by atomic mass is 10.1. The van der Waals surface area contributed by atoms with E-state index >= 15 is 0 Å².